The molecule has 1 N–H and O–H groups in total. The van der Waals surface area contributed by atoms with E-state index in [1.54, 1.807) is 30.3 Å². The molecule has 0 saturated carbocycles. The van der Waals surface area contributed by atoms with Gasteiger partial charge < -0.3 is 10.1 Å². The Labute approximate surface area is 133 Å². The maximum atomic E-state index is 13.6. The molecule has 0 spiro atoms. The van der Waals surface area contributed by atoms with Crippen molar-refractivity contribution >= 4 is 23.5 Å². The van der Waals surface area contributed by atoms with E-state index in [1.807, 2.05) is 0 Å². The molecule has 5 heteroatoms. The van der Waals surface area contributed by atoms with Gasteiger partial charge in [0.25, 0.3) is 0 Å². The molecule has 1 amide bonds. The molecule has 2 aromatic rings. The summed E-state index contributed by atoms with van der Waals surface area (Å²) in [5.74, 6) is -0.793. The average molecular weight is 313 g/mol. The molecular formula is C18H16FNO3. The Hall–Kier alpha value is -2.95. The largest absolute Gasteiger partial charge is 0.494 e. The van der Waals surface area contributed by atoms with E-state index in [9.17, 15) is 14.0 Å². The number of benzene rings is 2. The molecular weight excluding hydrogens is 297 g/mol. The van der Waals surface area contributed by atoms with Gasteiger partial charge >= 0.3 is 0 Å². The van der Waals surface area contributed by atoms with Gasteiger partial charge in [-0.05, 0) is 35.9 Å². The summed E-state index contributed by atoms with van der Waals surface area (Å²) >= 11 is 0. The second-order valence-corrected chi connectivity index (χ2v) is 4.85. The number of amides is 1. The van der Waals surface area contributed by atoms with Gasteiger partial charge in [0, 0.05) is 18.2 Å². The Balaban J connectivity index is 2.15. The van der Waals surface area contributed by atoms with Crippen molar-refractivity contribution in [1.29, 1.82) is 0 Å². The van der Waals surface area contributed by atoms with Crippen LogP contribution in [0.1, 0.15) is 22.8 Å². The Morgan fingerprint density at radius 1 is 1.17 bits per heavy atom. The highest BCUT2D eigenvalue weighted by Gasteiger charge is 2.05. The molecule has 0 atom stereocenters. The summed E-state index contributed by atoms with van der Waals surface area (Å²) in [5.41, 5.74) is 1.53. The summed E-state index contributed by atoms with van der Waals surface area (Å²) in [5, 5.41) is 2.62. The van der Waals surface area contributed by atoms with Crippen LogP contribution in [0.5, 0.6) is 5.75 Å². The van der Waals surface area contributed by atoms with Gasteiger partial charge in [-0.15, -0.1) is 0 Å². The molecule has 4 nitrogen and oxygen atoms in total. The Morgan fingerprint density at radius 2 is 1.96 bits per heavy atom. The molecule has 0 bridgehead atoms. The molecule has 0 heterocycles. The van der Waals surface area contributed by atoms with Crippen molar-refractivity contribution in [2.45, 2.75) is 6.92 Å². The van der Waals surface area contributed by atoms with Crippen LogP contribution in [-0.2, 0) is 4.79 Å². The molecule has 0 unspecified atom stereocenters. The predicted molar refractivity (Wildman–Crippen MR) is 87.1 cm³/mol. The van der Waals surface area contributed by atoms with Gasteiger partial charge in [0.1, 0.15) is 0 Å². The fraction of sp³-hybridized carbons (Fsp3) is 0.111. The lowest BCUT2D eigenvalue weighted by molar-refractivity contribution is -0.114. The fourth-order valence-corrected chi connectivity index (χ4v) is 2.01. The Morgan fingerprint density at radius 3 is 2.61 bits per heavy atom. The minimum atomic E-state index is -0.491. The third-order valence-corrected chi connectivity index (χ3v) is 3.07. The van der Waals surface area contributed by atoms with Gasteiger partial charge in [-0.2, -0.15) is 0 Å². The lowest BCUT2D eigenvalue weighted by Crippen LogP contribution is -2.06. The number of rotatable bonds is 5. The Bertz CT molecular complexity index is 769. The normalized spacial score (nSPS) is 10.6. The van der Waals surface area contributed by atoms with E-state index in [2.05, 4.69) is 5.32 Å². The van der Waals surface area contributed by atoms with Crippen molar-refractivity contribution in [3.8, 4) is 5.75 Å². The number of carbonyl (C=O) groups excluding carboxylic acids is 2. The van der Waals surface area contributed by atoms with Crippen molar-refractivity contribution in [3.63, 3.8) is 0 Å². The van der Waals surface area contributed by atoms with E-state index >= 15 is 0 Å². The van der Waals surface area contributed by atoms with Gasteiger partial charge in [-0.25, -0.2) is 4.39 Å². The maximum absolute atomic E-state index is 13.6. The highest BCUT2D eigenvalue weighted by atomic mass is 19.1. The number of allylic oxidation sites excluding steroid dienone is 1. The third kappa shape index (κ3) is 4.51. The number of ether oxygens (including phenoxy) is 1. The van der Waals surface area contributed by atoms with Gasteiger partial charge in [0.05, 0.1) is 7.11 Å². The van der Waals surface area contributed by atoms with Gasteiger partial charge in [-0.1, -0.05) is 24.3 Å². The number of halogens is 1. The van der Waals surface area contributed by atoms with E-state index in [4.69, 9.17) is 4.74 Å². The van der Waals surface area contributed by atoms with Crippen LogP contribution in [0.15, 0.2) is 48.5 Å². The van der Waals surface area contributed by atoms with E-state index in [-0.39, 0.29) is 17.4 Å². The molecule has 0 saturated heterocycles. The quantitative estimate of drug-likeness (QED) is 0.676. The number of ketones is 1. The summed E-state index contributed by atoms with van der Waals surface area (Å²) in [7, 11) is 1.39. The van der Waals surface area contributed by atoms with Crippen molar-refractivity contribution in [1.82, 2.24) is 0 Å². The number of hydrogen-bond donors (Lipinski definition) is 1. The van der Waals surface area contributed by atoms with E-state index in [1.165, 1.54) is 38.3 Å². The highest BCUT2D eigenvalue weighted by molar-refractivity contribution is 6.07. The molecule has 0 aliphatic rings. The number of nitrogens with one attached hydrogen (secondary N) is 1. The molecule has 0 aliphatic heterocycles. The van der Waals surface area contributed by atoms with E-state index in [0.717, 1.165) is 0 Å². The monoisotopic (exact) mass is 313 g/mol. The lowest BCUT2D eigenvalue weighted by atomic mass is 10.1. The molecule has 0 radical (unpaired) electrons. The van der Waals surface area contributed by atoms with Crippen LogP contribution in [0.3, 0.4) is 0 Å². The first-order chi connectivity index (χ1) is 11.0. The summed E-state index contributed by atoms with van der Waals surface area (Å²) in [6, 6.07) is 11.0. The van der Waals surface area contributed by atoms with E-state index in [0.29, 0.717) is 16.8 Å². The summed E-state index contributed by atoms with van der Waals surface area (Å²) in [4.78, 5) is 23.2. The zero-order valence-corrected chi connectivity index (χ0v) is 12.8. The highest BCUT2D eigenvalue weighted by Crippen LogP contribution is 2.19. The van der Waals surface area contributed by atoms with Crippen molar-refractivity contribution in [3.05, 3.63) is 65.5 Å². The second-order valence-electron chi connectivity index (χ2n) is 4.85. The molecule has 0 fully saturated rings. The van der Waals surface area contributed by atoms with Crippen LogP contribution in [0.25, 0.3) is 6.08 Å². The minimum absolute atomic E-state index is 0.150. The van der Waals surface area contributed by atoms with Gasteiger partial charge in [0.2, 0.25) is 5.91 Å². The first-order valence-electron chi connectivity index (χ1n) is 6.93. The third-order valence-electron chi connectivity index (χ3n) is 3.07. The lowest BCUT2D eigenvalue weighted by Gasteiger charge is -2.04. The van der Waals surface area contributed by atoms with Crippen LogP contribution in [0, 0.1) is 5.82 Å². The summed E-state index contributed by atoms with van der Waals surface area (Å²) in [6.07, 6.45) is 2.88. The molecule has 0 aromatic heterocycles. The zero-order chi connectivity index (χ0) is 16.8. The molecule has 0 aliphatic carbocycles. The van der Waals surface area contributed by atoms with Crippen LogP contribution >= 0.6 is 0 Å². The first-order valence-corrected chi connectivity index (χ1v) is 6.93. The predicted octanol–water partition coefficient (Wildman–Crippen LogP) is 3.69. The van der Waals surface area contributed by atoms with Crippen molar-refractivity contribution in [2.24, 2.45) is 0 Å². The maximum Gasteiger partial charge on any atom is 0.221 e. The summed E-state index contributed by atoms with van der Waals surface area (Å²) in [6.45, 7) is 1.40. The Kier molecular flexibility index (Phi) is 5.25. The van der Waals surface area contributed by atoms with Gasteiger partial charge in [-0.3, -0.25) is 9.59 Å². The van der Waals surface area contributed by atoms with E-state index < -0.39 is 5.82 Å². The topological polar surface area (TPSA) is 55.4 Å². The van der Waals surface area contributed by atoms with Crippen LogP contribution in [-0.4, -0.2) is 18.8 Å². The molecule has 2 aromatic carbocycles. The van der Waals surface area contributed by atoms with Crippen molar-refractivity contribution < 1.29 is 18.7 Å². The van der Waals surface area contributed by atoms with Crippen LogP contribution < -0.4 is 10.1 Å². The van der Waals surface area contributed by atoms with Crippen molar-refractivity contribution in [2.75, 3.05) is 12.4 Å². The average Bonchev–Trinajstić information content (AvgIpc) is 2.52. The number of carbonyl (C=O) groups is 2. The number of hydrogen-bond acceptors (Lipinski definition) is 3. The van der Waals surface area contributed by atoms with Crippen LogP contribution in [0.4, 0.5) is 10.1 Å². The summed E-state index contributed by atoms with van der Waals surface area (Å²) < 4.78 is 18.4. The first kappa shape index (κ1) is 16.4. The van der Waals surface area contributed by atoms with Gasteiger partial charge in [0.15, 0.2) is 17.3 Å². The second kappa shape index (κ2) is 7.35. The molecule has 23 heavy (non-hydrogen) atoms. The SMILES string of the molecule is COc1ccc(/C=C/C(=O)c2cccc(NC(C)=O)c2)cc1F. The minimum Gasteiger partial charge on any atom is -0.494 e. The molecule has 118 valence electrons. The molecule has 2 rings (SSSR count). The zero-order valence-electron chi connectivity index (χ0n) is 12.8. The van der Waals surface area contributed by atoms with Crippen LogP contribution in [0.2, 0.25) is 0 Å². The number of anilines is 1. The fourth-order valence-electron chi connectivity index (χ4n) is 2.01. The standard InChI is InChI=1S/C18H16FNO3/c1-12(21)20-15-5-3-4-14(11-15)17(22)8-6-13-7-9-18(23-2)16(19)10-13/h3-11H,1-2H3,(H,20,21)/b8-6+. The smallest absolute Gasteiger partial charge is 0.221 e. The number of methoxy groups -OCH3 is 1.